The first-order chi connectivity index (χ1) is 12.5. The van der Waals surface area contributed by atoms with Crippen LogP contribution in [0, 0.1) is 0 Å². The van der Waals surface area contributed by atoms with Crippen LogP contribution in [0.3, 0.4) is 0 Å². The van der Waals surface area contributed by atoms with Gasteiger partial charge in [0.15, 0.2) is 0 Å². The van der Waals surface area contributed by atoms with Gasteiger partial charge in [0.1, 0.15) is 0 Å². The molecule has 1 aromatic carbocycles. The molecule has 0 amide bonds. The molecule has 1 aromatic heterocycles. The fraction of sp³-hybridized carbons (Fsp3) is 0.421. The van der Waals surface area contributed by atoms with E-state index in [2.05, 4.69) is 25.8 Å². The molecular formula is C19H24BrN3O2S. The molecule has 0 atom stereocenters. The van der Waals surface area contributed by atoms with Crippen molar-refractivity contribution in [2.75, 3.05) is 26.2 Å². The summed E-state index contributed by atoms with van der Waals surface area (Å²) in [6.07, 6.45) is 3.31. The lowest BCUT2D eigenvalue weighted by Crippen LogP contribution is -2.35. The maximum Gasteiger partial charge on any atom is 0.243 e. The van der Waals surface area contributed by atoms with Crippen LogP contribution in [-0.4, -0.2) is 48.8 Å². The lowest BCUT2D eigenvalue weighted by Gasteiger charge is -2.22. The van der Waals surface area contributed by atoms with E-state index in [0.717, 1.165) is 35.2 Å². The predicted octanol–water partition coefficient (Wildman–Crippen LogP) is 3.30. The van der Waals surface area contributed by atoms with Crippen molar-refractivity contribution in [2.24, 2.45) is 0 Å². The number of rotatable bonds is 5. The van der Waals surface area contributed by atoms with Crippen molar-refractivity contribution in [3.63, 3.8) is 0 Å². The van der Waals surface area contributed by atoms with Gasteiger partial charge in [-0.1, -0.05) is 28.9 Å². The molecule has 26 heavy (non-hydrogen) atoms. The maximum atomic E-state index is 13.2. The summed E-state index contributed by atoms with van der Waals surface area (Å²) in [5, 5.41) is 0. The Hall–Kier alpha value is -1.28. The summed E-state index contributed by atoms with van der Waals surface area (Å²) in [5.74, 6) is 0. The Morgan fingerprint density at radius 3 is 2.69 bits per heavy atom. The number of aryl methyl sites for hydroxylation is 1. The van der Waals surface area contributed by atoms with Crippen LogP contribution in [0.5, 0.6) is 0 Å². The summed E-state index contributed by atoms with van der Waals surface area (Å²) in [5.41, 5.74) is 1.87. The van der Waals surface area contributed by atoms with Gasteiger partial charge in [0.05, 0.1) is 10.6 Å². The lowest BCUT2D eigenvalue weighted by molar-refractivity contribution is 0.275. The topological polar surface area (TPSA) is 53.5 Å². The molecule has 2 aromatic rings. The van der Waals surface area contributed by atoms with Crippen molar-refractivity contribution in [1.29, 1.82) is 0 Å². The highest BCUT2D eigenvalue weighted by Crippen LogP contribution is 2.25. The second kappa shape index (κ2) is 8.61. The van der Waals surface area contributed by atoms with Gasteiger partial charge in [0.2, 0.25) is 10.0 Å². The first-order valence-electron chi connectivity index (χ1n) is 8.91. The lowest BCUT2D eigenvalue weighted by atomic mass is 10.2. The number of benzene rings is 1. The molecule has 0 radical (unpaired) electrons. The molecule has 0 saturated carbocycles. The predicted molar refractivity (Wildman–Crippen MR) is 106 cm³/mol. The zero-order valence-electron chi connectivity index (χ0n) is 14.9. The van der Waals surface area contributed by atoms with Gasteiger partial charge in [-0.2, -0.15) is 4.31 Å². The van der Waals surface area contributed by atoms with Crippen molar-refractivity contribution in [3.05, 3.63) is 58.3 Å². The molecule has 2 heterocycles. The van der Waals surface area contributed by atoms with Crippen LogP contribution in [0.15, 0.2) is 52.0 Å². The van der Waals surface area contributed by atoms with Crippen LogP contribution < -0.4 is 0 Å². The van der Waals surface area contributed by atoms with Crippen molar-refractivity contribution >= 4 is 26.0 Å². The molecule has 1 aliphatic rings. The molecule has 0 N–H and O–H groups in total. The molecule has 7 heteroatoms. The molecule has 3 rings (SSSR count). The molecule has 0 aliphatic carbocycles. The summed E-state index contributed by atoms with van der Waals surface area (Å²) < 4.78 is 28.9. The molecule has 1 fully saturated rings. The second-order valence-corrected chi connectivity index (χ2v) is 9.28. The summed E-state index contributed by atoms with van der Waals surface area (Å²) in [4.78, 5) is 7.08. The van der Waals surface area contributed by atoms with Crippen molar-refractivity contribution in [1.82, 2.24) is 14.2 Å². The normalized spacial score (nSPS) is 17.2. The Morgan fingerprint density at radius 1 is 1.12 bits per heavy atom. The standard InChI is InChI=1S/C19H24BrN3O2S/c1-2-16-14-17(20)7-8-19(16)26(24,25)23-11-5-10-22(12-13-23)15-18-6-3-4-9-21-18/h3-4,6-9,14H,2,5,10-13,15H2,1H3. The Morgan fingerprint density at radius 2 is 1.96 bits per heavy atom. The Kier molecular flexibility index (Phi) is 6.45. The van der Waals surface area contributed by atoms with Gasteiger partial charge < -0.3 is 0 Å². The second-order valence-electron chi connectivity index (χ2n) is 6.46. The van der Waals surface area contributed by atoms with Gasteiger partial charge in [0.25, 0.3) is 0 Å². The van der Waals surface area contributed by atoms with Crippen LogP contribution in [0.4, 0.5) is 0 Å². The summed E-state index contributed by atoms with van der Waals surface area (Å²) in [7, 11) is -3.47. The molecule has 1 aliphatic heterocycles. The molecule has 1 saturated heterocycles. The largest absolute Gasteiger partial charge is 0.296 e. The molecule has 0 bridgehead atoms. The third kappa shape index (κ3) is 4.52. The third-order valence-electron chi connectivity index (χ3n) is 4.68. The smallest absolute Gasteiger partial charge is 0.243 e. The highest BCUT2D eigenvalue weighted by molar-refractivity contribution is 9.10. The highest BCUT2D eigenvalue weighted by atomic mass is 79.9. The molecule has 5 nitrogen and oxygen atoms in total. The van der Waals surface area contributed by atoms with Gasteiger partial charge in [-0.3, -0.25) is 9.88 Å². The Balaban J connectivity index is 1.74. The van der Waals surface area contributed by atoms with Gasteiger partial charge in [-0.25, -0.2) is 8.42 Å². The number of hydrogen-bond acceptors (Lipinski definition) is 4. The number of pyridine rings is 1. The van der Waals surface area contributed by atoms with E-state index in [4.69, 9.17) is 0 Å². The monoisotopic (exact) mass is 437 g/mol. The Labute approximate surface area is 164 Å². The van der Waals surface area contributed by atoms with Crippen LogP contribution >= 0.6 is 15.9 Å². The van der Waals surface area contributed by atoms with E-state index in [-0.39, 0.29) is 0 Å². The van der Waals surface area contributed by atoms with Crippen molar-refractivity contribution < 1.29 is 8.42 Å². The quantitative estimate of drug-likeness (QED) is 0.719. The van der Waals surface area contributed by atoms with Crippen LogP contribution in [0.1, 0.15) is 24.6 Å². The third-order valence-corrected chi connectivity index (χ3v) is 7.17. The number of aromatic nitrogens is 1. The molecular weight excluding hydrogens is 414 g/mol. The van der Waals surface area contributed by atoms with Gasteiger partial charge in [0, 0.05) is 36.8 Å². The highest BCUT2D eigenvalue weighted by Gasteiger charge is 2.28. The zero-order chi connectivity index (χ0) is 18.6. The SMILES string of the molecule is CCc1cc(Br)ccc1S(=O)(=O)N1CCCN(Cc2ccccn2)CC1. The minimum absolute atomic E-state index is 0.432. The van der Waals surface area contributed by atoms with E-state index >= 15 is 0 Å². The van der Waals surface area contributed by atoms with E-state index in [9.17, 15) is 8.42 Å². The summed E-state index contributed by atoms with van der Waals surface area (Å²) in [6.45, 7) is 5.40. The first-order valence-corrected chi connectivity index (χ1v) is 11.1. The fourth-order valence-electron chi connectivity index (χ4n) is 3.28. The Bertz CT molecular complexity index is 843. The molecule has 0 unspecified atom stereocenters. The number of nitrogens with zero attached hydrogens (tertiary/aromatic N) is 3. The van der Waals surface area contributed by atoms with Crippen molar-refractivity contribution in [3.8, 4) is 0 Å². The minimum atomic E-state index is -3.47. The molecule has 0 spiro atoms. The summed E-state index contributed by atoms with van der Waals surface area (Å²) >= 11 is 3.43. The first kappa shape index (κ1) is 19.5. The zero-order valence-corrected chi connectivity index (χ0v) is 17.3. The number of halogens is 1. The minimum Gasteiger partial charge on any atom is -0.296 e. The van der Waals surface area contributed by atoms with Gasteiger partial charge >= 0.3 is 0 Å². The maximum absolute atomic E-state index is 13.2. The average molecular weight is 438 g/mol. The van der Waals surface area contributed by atoms with E-state index < -0.39 is 10.0 Å². The van der Waals surface area contributed by atoms with E-state index in [1.165, 1.54) is 0 Å². The van der Waals surface area contributed by atoms with E-state index in [0.29, 0.717) is 31.0 Å². The average Bonchev–Trinajstić information content (AvgIpc) is 2.88. The van der Waals surface area contributed by atoms with Gasteiger partial charge in [-0.15, -0.1) is 0 Å². The van der Waals surface area contributed by atoms with Gasteiger partial charge in [-0.05, 0) is 55.3 Å². The number of hydrogen-bond donors (Lipinski definition) is 0. The fourth-order valence-corrected chi connectivity index (χ4v) is 5.43. The summed E-state index contributed by atoms with van der Waals surface area (Å²) in [6, 6.07) is 11.3. The van der Waals surface area contributed by atoms with E-state index in [1.807, 2.05) is 31.2 Å². The van der Waals surface area contributed by atoms with Crippen LogP contribution in [-0.2, 0) is 23.0 Å². The van der Waals surface area contributed by atoms with Crippen molar-refractivity contribution in [2.45, 2.75) is 31.2 Å². The van der Waals surface area contributed by atoms with Crippen LogP contribution in [0.2, 0.25) is 0 Å². The van der Waals surface area contributed by atoms with E-state index in [1.54, 1.807) is 22.6 Å². The molecule has 140 valence electrons. The van der Waals surface area contributed by atoms with Crippen LogP contribution in [0.25, 0.3) is 0 Å². The number of sulfonamides is 1.